The van der Waals surface area contributed by atoms with Gasteiger partial charge in [-0.3, -0.25) is 0 Å². The molecule has 1 fully saturated rings. The highest BCUT2D eigenvalue weighted by Gasteiger charge is 2.64. The van der Waals surface area contributed by atoms with Gasteiger partial charge in [0.2, 0.25) is 16.0 Å². The molecule has 39 heavy (non-hydrogen) atoms. The molecule has 0 spiro atoms. The van der Waals surface area contributed by atoms with Crippen molar-refractivity contribution >= 4 is 32.8 Å². The second-order valence-electron chi connectivity index (χ2n) is 9.63. The van der Waals surface area contributed by atoms with Crippen LogP contribution >= 0.6 is 0 Å². The average molecular weight is 561 g/mol. The number of pyridine rings is 1. The zero-order valence-electron chi connectivity index (χ0n) is 20.8. The zero-order valence-corrected chi connectivity index (χ0v) is 21.7. The van der Waals surface area contributed by atoms with E-state index in [9.17, 15) is 26.0 Å². The lowest BCUT2D eigenvalue weighted by atomic mass is 10.1. The van der Waals surface area contributed by atoms with Gasteiger partial charge in [0, 0.05) is 5.56 Å². The SMILES string of the molecule is Cc1ccc(-c2ccc3nc(NC(C)c4ccc(S(N)(=O)=O)c(F)c4)nc(NC4(C(F)(F)F)CC4)c3n2)cc1. The number of hydrogen-bond donors (Lipinski definition) is 3. The molecule has 1 unspecified atom stereocenters. The molecule has 2 aromatic carbocycles. The van der Waals surface area contributed by atoms with E-state index >= 15 is 0 Å². The molecule has 2 aromatic heterocycles. The molecule has 0 radical (unpaired) electrons. The molecular weight excluding hydrogens is 536 g/mol. The van der Waals surface area contributed by atoms with Gasteiger partial charge in [0.05, 0.1) is 17.3 Å². The minimum absolute atomic E-state index is 0.0173. The van der Waals surface area contributed by atoms with Crippen LogP contribution < -0.4 is 15.8 Å². The lowest BCUT2D eigenvalue weighted by molar-refractivity contribution is -0.151. The van der Waals surface area contributed by atoms with Crippen molar-refractivity contribution < 1.29 is 26.0 Å². The fourth-order valence-electron chi connectivity index (χ4n) is 4.18. The molecule has 1 aliphatic carbocycles. The third-order valence-electron chi connectivity index (χ3n) is 6.65. The third kappa shape index (κ3) is 5.36. The van der Waals surface area contributed by atoms with Crippen LogP contribution in [-0.2, 0) is 10.0 Å². The first-order valence-corrected chi connectivity index (χ1v) is 13.5. The number of nitrogens with zero attached hydrogens (tertiary/aromatic N) is 3. The van der Waals surface area contributed by atoms with E-state index in [-0.39, 0.29) is 30.1 Å². The minimum atomic E-state index is -4.50. The number of rotatable bonds is 7. The number of halogens is 4. The summed E-state index contributed by atoms with van der Waals surface area (Å²) in [5, 5.41) is 10.5. The molecule has 13 heteroatoms. The van der Waals surface area contributed by atoms with Gasteiger partial charge >= 0.3 is 6.18 Å². The number of sulfonamides is 1. The number of aryl methyl sites for hydroxylation is 1. The Morgan fingerprint density at radius 2 is 1.69 bits per heavy atom. The number of nitrogens with one attached hydrogen (secondary N) is 2. The van der Waals surface area contributed by atoms with Gasteiger partial charge in [-0.1, -0.05) is 35.9 Å². The van der Waals surface area contributed by atoms with Gasteiger partial charge in [-0.15, -0.1) is 0 Å². The molecular formula is C26H24F4N6O2S. The Kier molecular flexibility index (Phi) is 6.46. The number of nitrogens with two attached hydrogens (primary N) is 1. The summed E-state index contributed by atoms with van der Waals surface area (Å²) in [4.78, 5) is 12.7. The van der Waals surface area contributed by atoms with E-state index < -0.39 is 38.5 Å². The molecule has 0 bridgehead atoms. The Balaban J connectivity index is 1.54. The summed E-state index contributed by atoms with van der Waals surface area (Å²) in [6.07, 6.45) is -4.70. The fraction of sp³-hybridized carbons (Fsp3) is 0.269. The van der Waals surface area contributed by atoms with E-state index in [0.717, 1.165) is 23.3 Å². The van der Waals surface area contributed by atoms with E-state index in [1.165, 1.54) is 6.07 Å². The van der Waals surface area contributed by atoms with Gasteiger partial charge in [0.1, 0.15) is 21.8 Å². The molecule has 0 saturated heterocycles. The van der Waals surface area contributed by atoms with Crippen LogP contribution in [0.15, 0.2) is 59.5 Å². The van der Waals surface area contributed by atoms with Gasteiger partial charge in [0.15, 0.2) is 5.82 Å². The van der Waals surface area contributed by atoms with E-state index in [1.807, 2.05) is 31.2 Å². The van der Waals surface area contributed by atoms with Crippen LogP contribution in [0, 0.1) is 12.7 Å². The first kappa shape index (κ1) is 26.8. The summed E-state index contributed by atoms with van der Waals surface area (Å²) in [7, 11) is -4.24. The highest BCUT2D eigenvalue weighted by Crippen LogP contribution is 2.51. The highest BCUT2D eigenvalue weighted by molar-refractivity contribution is 7.89. The van der Waals surface area contributed by atoms with Gasteiger partial charge in [-0.2, -0.15) is 18.2 Å². The first-order valence-electron chi connectivity index (χ1n) is 12.0. The average Bonchev–Trinajstić information content (AvgIpc) is 3.64. The first-order chi connectivity index (χ1) is 18.3. The number of anilines is 2. The summed E-state index contributed by atoms with van der Waals surface area (Å²) >= 11 is 0. The molecule has 4 N–H and O–H groups in total. The van der Waals surface area contributed by atoms with E-state index in [4.69, 9.17) is 5.14 Å². The predicted octanol–water partition coefficient (Wildman–Crippen LogP) is 5.47. The Hall–Kier alpha value is -3.84. The van der Waals surface area contributed by atoms with Gasteiger partial charge in [0.25, 0.3) is 0 Å². The molecule has 0 amide bonds. The van der Waals surface area contributed by atoms with E-state index in [1.54, 1.807) is 19.1 Å². The van der Waals surface area contributed by atoms with Crippen molar-refractivity contribution in [1.82, 2.24) is 15.0 Å². The molecule has 1 saturated carbocycles. The molecule has 1 atom stereocenters. The Labute approximate surface area is 221 Å². The van der Waals surface area contributed by atoms with E-state index in [2.05, 4.69) is 25.6 Å². The Bertz CT molecular complexity index is 1670. The molecule has 5 rings (SSSR count). The number of aromatic nitrogens is 3. The maximum Gasteiger partial charge on any atom is 0.411 e. The van der Waals surface area contributed by atoms with Gasteiger partial charge < -0.3 is 10.6 Å². The maximum atomic E-state index is 14.4. The summed E-state index contributed by atoms with van der Waals surface area (Å²) < 4.78 is 78.9. The standard InChI is InChI=1S/C26H24F4N6O2S/c1-14-3-5-16(6-4-14)19-8-9-20-22(33-19)23(36-25(11-12-25)26(28,29)30)35-24(34-20)32-15(2)17-7-10-21(18(27)13-17)39(31,37)38/h3-10,13,15H,11-12H2,1-2H3,(H2,31,37,38)(H2,32,34,35,36). The molecule has 4 aromatic rings. The topological polar surface area (TPSA) is 123 Å². The smallest absolute Gasteiger partial charge is 0.354 e. The summed E-state index contributed by atoms with van der Waals surface area (Å²) in [6.45, 7) is 3.58. The number of primary sulfonamides is 1. The van der Waals surface area contributed by atoms with Crippen LogP contribution in [0.5, 0.6) is 0 Å². The van der Waals surface area contributed by atoms with Gasteiger partial charge in [-0.25, -0.2) is 27.9 Å². The van der Waals surface area contributed by atoms with Crippen molar-refractivity contribution in [2.75, 3.05) is 10.6 Å². The number of hydrogen-bond acceptors (Lipinski definition) is 7. The van der Waals surface area contributed by atoms with Crippen LogP contribution in [-0.4, -0.2) is 35.1 Å². The highest BCUT2D eigenvalue weighted by atomic mass is 32.2. The Morgan fingerprint density at radius 3 is 2.28 bits per heavy atom. The summed E-state index contributed by atoms with van der Waals surface area (Å²) in [5.74, 6) is -1.13. The van der Waals surface area contributed by atoms with Crippen molar-refractivity contribution in [2.24, 2.45) is 5.14 Å². The predicted molar refractivity (Wildman–Crippen MR) is 139 cm³/mol. The van der Waals surface area contributed by atoms with Crippen molar-refractivity contribution in [1.29, 1.82) is 0 Å². The molecule has 8 nitrogen and oxygen atoms in total. The summed E-state index contributed by atoms with van der Waals surface area (Å²) in [6, 6.07) is 13.7. The zero-order chi connectivity index (χ0) is 28.2. The van der Waals surface area contributed by atoms with Crippen LogP contribution in [0.3, 0.4) is 0 Å². The van der Waals surface area contributed by atoms with Crippen molar-refractivity contribution in [3.05, 3.63) is 71.5 Å². The second-order valence-corrected chi connectivity index (χ2v) is 11.2. The number of benzene rings is 2. The maximum absolute atomic E-state index is 14.4. The third-order valence-corrected chi connectivity index (χ3v) is 7.59. The molecule has 204 valence electrons. The lowest BCUT2D eigenvalue weighted by Crippen LogP contribution is -2.39. The number of fused-ring (bicyclic) bond motifs is 1. The fourth-order valence-corrected chi connectivity index (χ4v) is 4.76. The van der Waals surface area contributed by atoms with Crippen LogP contribution in [0.25, 0.3) is 22.3 Å². The Morgan fingerprint density at radius 1 is 1.00 bits per heavy atom. The normalized spacial score (nSPS) is 15.7. The van der Waals surface area contributed by atoms with Crippen molar-refractivity contribution in [3.8, 4) is 11.3 Å². The quantitative estimate of drug-likeness (QED) is 0.256. The number of alkyl halides is 3. The monoisotopic (exact) mass is 560 g/mol. The molecule has 2 heterocycles. The lowest BCUT2D eigenvalue weighted by Gasteiger charge is -2.23. The van der Waals surface area contributed by atoms with Crippen molar-refractivity contribution in [2.45, 2.75) is 49.3 Å². The van der Waals surface area contributed by atoms with Crippen LogP contribution in [0.1, 0.15) is 36.9 Å². The largest absolute Gasteiger partial charge is 0.411 e. The van der Waals surface area contributed by atoms with Crippen LogP contribution in [0.2, 0.25) is 0 Å². The van der Waals surface area contributed by atoms with Gasteiger partial charge in [-0.05, 0) is 56.5 Å². The van der Waals surface area contributed by atoms with Crippen LogP contribution in [0.4, 0.5) is 29.3 Å². The molecule has 1 aliphatic rings. The molecule has 0 aliphatic heterocycles. The second kappa shape index (κ2) is 9.42. The summed E-state index contributed by atoms with van der Waals surface area (Å²) in [5.41, 5.74) is 1.09. The van der Waals surface area contributed by atoms with E-state index in [0.29, 0.717) is 16.8 Å². The minimum Gasteiger partial charge on any atom is -0.354 e. The van der Waals surface area contributed by atoms with Crippen molar-refractivity contribution in [3.63, 3.8) is 0 Å².